The topological polar surface area (TPSA) is 83.0 Å². The molecule has 1 aromatic heterocycles. The third-order valence-corrected chi connectivity index (χ3v) is 4.60. The lowest BCUT2D eigenvalue weighted by atomic mass is 9.98. The van der Waals surface area contributed by atoms with Crippen LogP contribution in [0.1, 0.15) is 21.7 Å². The predicted molar refractivity (Wildman–Crippen MR) is 117 cm³/mol. The molecule has 5 heteroatoms. The van der Waals surface area contributed by atoms with Gasteiger partial charge in [0, 0.05) is 22.8 Å². The van der Waals surface area contributed by atoms with E-state index in [-0.39, 0.29) is 17.2 Å². The van der Waals surface area contributed by atoms with Crippen LogP contribution in [0.4, 0.5) is 0 Å². The Bertz CT molecular complexity index is 1260. The Morgan fingerprint density at radius 1 is 0.767 bits per heavy atom. The van der Waals surface area contributed by atoms with E-state index in [4.69, 9.17) is 0 Å². The molecular weight excluding hydrogens is 376 g/mol. The summed E-state index contributed by atoms with van der Waals surface area (Å²) in [5.41, 5.74) is 1.48. The van der Waals surface area contributed by atoms with Gasteiger partial charge >= 0.3 is 0 Å². The summed E-state index contributed by atoms with van der Waals surface area (Å²) < 4.78 is 0. The van der Waals surface area contributed by atoms with Gasteiger partial charge in [-0.3, -0.25) is 9.59 Å². The van der Waals surface area contributed by atoms with Crippen molar-refractivity contribution in [3.05, 3.63) is 124 Å². The van der Waals surface area contributed by atoms with Crippen molar-refractivity contribution in [3.63, 3.8) is 0 Å². The predicted octanol–water partition coefficient (Wildman–Crippen LogP) is 4.75. The van der Waals surface area contributed by atoms with Gasteiger partial charge in [0.1, 0.15) is 17.2 Å². The zero-order chi connectivity index (χ0) is 20.9. The minimum atomic E-state index is -0.440. The van der Waals surface area contributed by atoms with Gasteiger partial charge in [0.25, 0.3) is 5.56 Å². The summed E-state index contributed by atoms with van der Waals surface area (Å²) in [7, 11) is 0. The highest BCUT2D eigenvalue weighted by atomic mass is 16.3. The number of nitrogens with zero attached hydrogens (tertiary/aromatic N) is 1. The van der Waals surface area contributed by atoms with Crippen LogP contribution in [0.2, 0.25) is 0 Å². The van der Waals surface area contributed by atoms with Crippen molar-refractivity contribution in [1.29, 1.82) is 0 Å². The lowest BCUT2D eigenvalue weighted by Crippen LogP contribution is -2.15. The second kappa shape index (κ2) is 8.41. The maximum atomic E-state index is 13.3. The van der Waals surface area contributed by atoms with Crippen LogP contribution in [0.25, 0.3) is 22.6 Å². The molecule has 0 atom stereocenters. The second-order valence-corrected chi connectivity index (χ2v) is 6.63. The van der Waals surface area contributed by atoms with Gasteiger partial charge < -0.3 is 10.1 Å². The number of carbonyl (C=O) groups excluding carboxylic acids is 1. The fraction of sp³-hybridized carbons (Fsp3) is 0. The van der Waals surface area contributed by atoms with Crippen LogP contribution in [0, 0.1) is 0 Å². The largest absolute Gasteiger partial charge is 0.506 e. The number of nitrogens with one attached hydrogen (secondary N) is 1. The first kappa shape index (κ1) is 19.1. The third-order valence-electron chi connectivity index (χ3n) is 4.60. The molecule has 0 aliphatic carbocycles. The first-order chi connectivity index (χ1) is 14.6. The molecule has 0 aliphatic heterocycles. The molecule has 3 aromatic carbocycles. The van der Waals surface area contributed by atoms with E-state index in [0.717, 1.165) is 5.56 Å². The standard InChI is InChI=1S/C25H18N2O3/c28-21-16-20(17-10-4-1-5-11-17)26-25(27-21)22(23(29)18-12-6-2-7-13-18)24(30)19-14-8-3-9-15-19/h1-16,29H,(H,26,27,28)/b23-22-. The molecule has 5 nitrogen and oxygen atoms in total. The minimum Gasteiger partial charge on any atom is -0.506 e. The first-order valence-electron chi connectivity index (χ1n) is 9.39. The molecule has 0 radical (unpaired) electrons. The molecule has 0 unspecified atom stereocenters. The van der Waals surface area contributed by atoms with Crippen LogP contribution in [0.15, 0.2) is 102 Å². The number of H-pyrrole nitrogens is 1. The fourth-order valence-electron chi connectivity index (χ4n) is 3.13. The zero-order valence-corrected chi connectivity index (χ0v) is 15.9. The number of aliphatic hydroxyl groups is 1. The normalized spacial score (nSPS) is 11.6. The van der Waals surface area contributed by atoms with Gasteiger partial charge in [-0.05, 0) is 0 Å². The number of allylic oxidation sites excluding steroid dienone is 1. The summed E-state index contributed by atoms with van der Waals surface area (Å²) in [6, 6.07) is 27.8. The van der Waals surface area contributed by atoms with Crippen LogP contribution < -0.4 is 5.56 Å². The average Bonchev–Trinajstić information content (AvgIpc) is 2.80. The quantitative estimate of drug-likeness (QED) is 0.291. The Balaban J connectivity index is 1.94. The SMILES string of the molecule is O=C(/C(=C(/O)c1ccccc1)c1nc(-c2ccccc2)cc(=O)[nH]1)c1ccccc1. The molecule has 4 aromatic rings. The maximum Gasteiger partial charge on any atom is 0.251 e. The van der Waals surface area contributed by atoms with Crippen LogP contribution >= 0.6 is 0 Å². The van der Waals surface area contributed by atoms with Crippen LogP contribution in [-0.4, -0.2) is 20.9 Å². The molecule has 30 heavy (non-hydrogen) atoms. The summed E-state index contributed by atoms with van der Waals surface area (Å²) >= 11 is 0. The molecule has 0 amide bonds. The molecule has 0 spiro atoms. The number of carbonyl (C=O) groups is 1. The van der Waals surface area contributed by atoms with E-state index in [1.54, 1.807) is 54.6 Å². The Morgan fingerprint density at radius 3 is 1.90 bits per heavy atom. The van der Waals surface area contributed by atoms with E-state index < -0.39 is 11.3 Å². The lowest BCUT2D eigenvalue weighted by Gasteiger charge is -2.11. The molecule has 146 valence electrons. The Morgan fingerprint density at radius 2 is 1.30 bits per heavy atom. The molecule has 1 heterocycles. The molecule has 2 N–H and O–H groups in total. The number of aliphatic hydroxyl groups excluding tert-OH is 1. The highest BCUT2D eigenvalue weighted by Gasteiger charge is 2.23. The number of benzene rings is 3. The van der Waals surface area contributed by atoms with Gasteiger partial charge in [-0.15, -0.1) is 0 Å². The van der Waals surface area contributed by atoms with E-state index in [1.165, 1.54) is 6.07 Å². The van der Waals surface area contributed by atoms with Gasteiger partial charge in [-0.2, -0.15) is 0 Å². The summed E-state index contributed by atoms with van der Waals surface area (Å²) in [4.78, 5) is 32.9. The summed E-state index contributed by atoms with van der Waals surface area (Å²) in [5, 5.41) is 11.0. The molecule has 0 saturated carbocycles. The first-order valence-corrected chi connectivity index (χ1v) is 9.39. The fourth-order valence-corrected chi connectivity index (χ4v) is 3.13. The number of aromatic amines is 1. The van der Waals surface area contributed by atoms with E-state index in [2.05, 4.69) is 9.97 Å². The van der Waals surface area contributed by atoms with E-state index >= 15 is 0 Å². The molecule has 0 aliphatic rings. The van der Waals surface area contributed by atoms with Crippen molar-refractivity contribution in [2.75, 3.05) is 0 Å². The third kappa shape index (κ3) is 3.95. The van der Waals surface area contributed by atoms with Crippen LogP contribution in [-0.2, 0) is 0 Å². The molecule has 4 rings (SSSR count). The molecule has 0 saturated heterocycles. The average molecular weight is 394 g/mol. The number of Topliss-reactive ketones (excluding diaryl/α,β-unsaturated/α-hetero) is 1. The number of hydrogen-bond donors (Lipinski definition) is 2. The summed E-state index contributed by atoms with van der Waals surface area (Å²) in [6.45, 7) is 0. The number of hydrogen-bond acceptors (Lipinski definition) is 4. The van der Waals surface area contributed by atoms with Crippen molar-refractivity contribution in [2.24, 2.45) is 0 Å². The van der Waals surface area contributed by atoms with Crippen molar-refractivity contribution in [3.8, 4) is 11.3 Å². The number of aromatic nitrogens is 2. The number of ketones is 1. The zero-order valence-electron chi connectivity index (χ0n) is 15.9. The Labute approximate surface area is 173 Å². The van der Waals surface area contributed by atoms with Crippen LogP contribution in [0.5, 0.6) is 0 Å². The van der Waals surface area contributed by atoms with Gasteiger partial charge in [0.15, 0.2) is 0 Å². The Hall–Kier alpha value is -4.25. The van der Waals surface area contributed by atoms with Gasteiger partial charge in [-0.25, -0.2) is 4.98 Å². The van der Waals surface area contributed by atoms with Gasteiger partial charge in [0.05, 0.1) is 5.69 Å². The lowest BCUT2D eigenvalue weighted by molar-refractivity contribution is 0.105. The second-order valence-electron chi connectivity index (χ2n) is 6.63. The summed E-state index contributed by atoms with van der Waals surface area (Å²) in [5.74, 6) is -0.681. The molecule has 0 bridgehead atoms. The Kier molecular flexibility index (Phi) is 5.35. The highest BCUT2D eigenvalue weighted by Crippen LogP contribution is 2.27. The molecular formula is C25H18N2O3. The number of rotatable bonds is 5. The van der Waals surface area contributed by atoms with Gasteiger partial charge in [0.2, 0.25) is 5.78 Å². The van der Waals surface area contributed by atoms with E-state index in [1.807, 2.05) is 36.4 Å². The highest BCUT2D eigenvalue weighted by molar-refractivity contribution is 6.32. The van der Waals surface area contributed by atoms with Crippen molar-refractivity contribution < 1.29 is 9.90 Å². The molecule has 0 fully saturated rings. The van der Waals surface area contributed by atoms with Crippen molar-refractivity contribution in [1.82, 2.24) is 9.97 Å². The van der Waals surface area contributed by atoms with Crippen LogP contribution in [0.3, 0.4) is 0 Å². The van der Waals surface area contributed by atoms with Gasteiger partial charge in [-0.1, -0.05) is 91.0 Å². The van der Waals surface area contributed by atoms with E-state index in [0.29, 0.717) is 16.8 Å². The maximum absolute atomic E-state index is 13.3. The smallest absolute Gasteiger partial charge is 0.251 e. The van der Waals surface area contributed by atoms with Crippen molar-refractivity contribution >= 4 is 17.1 Å². The van der Waals surface area contributed by atoms with E-state index in [9.17, 15) is 14.7 Å². The summed E-state index contributed by atoms with van der Waals surface area (Å²) in [6.07, 6.45) is 0. The van der Waals surface area contributed by atoms with Crippen molar-refractivity contribution in [2.45, 2.75) is 0 Å². The minimum absolute atomic E-state index is 0.0107. The monoisotopic (exact) mass is 394 g/mol.